The summed E-state index contributed by atoms with van der Waals surface area (Å²) in [5, 5.41) is 7.48. The summed E-state index contributed by atoms with van der Waals surface area (Å²) < 4.78 is 51.8. The lowest BCUT2D eigenvalue weighted by Crippen LogP contribution is -2.14. The van der Waals surface area contributed by atoms with Gasteiger partial charge in [0.1, 0.15) is 17.1 Å². The van der Waals surface area contributed by atoms with Crippen molar-refractivity contribution in [3.05, 3.63) is 17.5 Å². The van der Waals surface area contributed by atoms with Crippen LogP contribution < -0.4 is 15.8 Å². The molecule has 0 spiro atoms. The Morgan fingerprint density at radius 1 is 1.36 bits per heavy atom. The first kappa shape index (κ1) is 18.8. The Bertz CT molecular complexity index is 859. The van der Waals surface area contributed by atoms with Crippen LogP contribution in [0, 0.1) is 12.8 Å². The van der Waals surface area contributed by atoms with Crippen molar-refractivity contribution >= 4 is 17.6 Å². The van der Waals surface area contributed by atoms with Gasteiger partial charge in [0.05, 0.1) is 19.3 Å². The van der Waals surface area contributed by atoms with E-state index in [1.807, 2.05) is 6.92 Å². The lowest BCUT2D eigenvalue weighted by atomic mass is 10.1. The Hall–Kier alpha value is -2.56. The standard InChI is InChI=1S/C17H21F3N6O2/c1-9-13(28-8-10-4-5-27-7-10)15(26(25-9)11-2-3-11)24-16-22-6-12(14(21)23-16)17(18,19)20/h6,10-11H,2-5,7-8H2,1H3,(H3,21,22,23,24). The number of rotatable bonds is 6. The minimum atomic E-state index is -4.60. The van der Waals surface area contributed by atoms with Crippen LogP contribution in [0.5, 0.6) is 5.75 Å². The number of nitrogens with zero attached hydrogens (tertiary/aromatic N) is 4. The van der Waals surface area contributed by atoms with Gasteiger partial charge in [0, 0.05) is 18.7 Å². The average Bonchev–Trinajstić information content (AvgIpc) is 3.24. The first-order chi connectivity index (χ1) is 13.3. The summed E-state index contributed by atoms with van der Waals surface area (Å²) in [7, 11) is 0. The molecule has 0 amide bonds. The highest BCUT2D eigenvalue weighted by atomic mass is 19.4. The van der Waals surface area contributed by atoms with Gasteiger partial charge >= 0.3 is 6.18 Å². The number of alkyl halides is 3. The van der Waals surface area contributed by atoms with Gasteiger partial charge < -0.3 is 20.5 Å². The molecule has 152 valence electrons. The van der Waals surface area contributed by atoms with Gasteiger partial charge in [0.25, 0.3) is 0 Å². The number of aromatic nitrogens is 4. The number of hydrogen-bond acceptors (Lipinski definition) is 7. The first-order valence-corrected chi connectivity index (χ1v) is 9.09. The van der Waals surface area contributed by atoms with Crippen LogP contribution in [0.15, 0.2) is 6.20 Å². The molecule has 8 nitrogen and oxygen atoms in total. The van der Waals surface area contributed by atoms with Gasteiger partial charge in [-0.3, -0.25) is 0 Å². The molecule has 1 aliphatic heterocycles. The molecule has 1 atom stereocenters. The molecule has 0 radical (unpaired) electrons. The first-order valence-electron chi connectivity index (χ1n) is 9.09. The zero-order valence-corrected chi connectivity index (χ0v) is 15.3. The second-order valence-corrected chi connectivity index (χ2v) is 7.09. The van der Waals surface area contributed by atoms with Crippen LogP contribution in [0.4, 0.5) is 30.8 Å². The summed E-state index contributed by atoms with van der Waals surface area (Å²) in [4.78, 5) is 7.53. The lowest BCUT2D eigenvalue weighted by molar-refractivity contribution is -0.137. The van der Waals surface area contributed by atoms with Gasteiger partial charge in [0.2, 0.25) is 5.95 Å². The molecule has 3 heterocycles. The molecule has 2 fully saturated rings. The number of anilines is 3. The van der Waals surface area contributed by atoms with E-state index < -0.39 is 17.6 Å². The number of ether oxygens (including phenoxy) is 2. The molecule has 3 N–H and O–H groups in total. The Kier molecular flexibility index (Phi) is 4.77. The second kappa shape index (κ2) is 7.12. The molecule has 2 aromatic rings. The van der Waals surface area contributed by atoms with E-state index in [0.717, 1.165) is 25.9 Å². The minimum Gasteiger partial charge on any atom is -0.487 e. The highest BCUT2D eigenvalue weighted by molar-refractivity contribution is 5.61. The van der Waals surface area contributed by atoms with Crippen molar-refractivity contribution in [2.45, 2.75) is 38.4 Å². The molecule has 11 heteroatoms. The van der Waals surface area contributed by atoms with Crippen LogP contribution in [-0.4, -0.2) is 39.6 Å². The minimum absolute atomic E-state index is 0.0404. The van der Waals surface area contributed by atoms with Gasteiger partial charge in [-0.2, -0.15) is 23.3 Å². The lowest BCUT2D eigenvalue weighted by Gasteiger charge is -2.14. The van der Waals surface area contributed by atoms with Crippen molar-refractivity contribution < 1.29 is 22.6 Å². The van der Waals surface area contributed by atoms with E-state index in [1.54, 1.807) is 4.68 Å². The van der Waals surface area contributed by atoms with Gasteiger partial charge in [0.15, 0.2) is 11.6 Å². The molecule has 4 rings (SSSR count). The molecular formula is C17H21F3N6O2. The molecular weight excluding hydrogens is 377 g/mol. The highest BCUT2D eigenvalue weighted by Crippen LogP contribution is 2.42. The summed E-state index contributed by atoms with van der Waals surface area (Å²) in [5.41, 5.74) is 5.10. The molecule has 1 aliphatic carbocycles. The van der Waals surface area contributed by atoms with Crippen molar-refractivity contribution in [3.8, 4) is 5.75 Å². The fourth-order valence-corrected chi connectivity index (χ4v) is 3.10. The molecule has 1 saturated heterocycles. The van der Waals surface area contributed by atoms with Crippen LogP contribution in [0.1, 0.15) is 36.6 Å². The SMILES string of the molecule is Cc1nn(C2CC2)c(Nc2ncc(C(F)(F)F)c(N)n2)c1OCC1CCOC1. The summed E-state index contributed by atoms with van der Waals surface area (Å²) in [5.74, 6) is 0.694. The zero-order valence-electron chi connectivity index (χ0n) is 15.3. The van der Waals surface area contributed by atoms with E-state index >= 15 is 0 Å². The number of halogens is 3. The molecule has 2 aliphatic rings. The van der Waals surface area contributed by atoms with Crippen LogP contribution in [0.3, 0.4) is 0 Å². The monoisotopic (exact) mass is 398 g/mol. The smallest absolute Gasteiger partial charge is 0.421 e. The van der Waals surface area contributed by atoms with Crippen molar-refractivity contribution in [1.82, 2.24) is 19.7 Å². The third kappa shape index (κ3) is 3.84. The Labute approximate surface area is 159 Å². The molecule has 1 unspecified atom stereocenters. The second-order valence-electron chi connectivity index (χ2n) is 7.09. The number of nitrogens with two attached hydrogens (primary N) is 1. The van der Waals surface area contributed by atoms with Crippen molar-refractivity contribution in [2.24, 2.45) is 5.92 Å². The van der Waals surface area contributed by atoms with E-state index in [-0.39, 0.29) is 12.0 Å². The van der Waals surface area contributed by atoms with Gasteiger partial charge in [-0.05, 0) is 26.2 Å². The van der Waals surface area contributed by atoms with E-state index in [9.17, 15) is 13.2 Å². The summed E-state index contributed by atoms with van der Waals surface area (Å²) >= 11 is 0. The Morgan fingerprint density at radius 3 is 2.75 bits per heavy atom. The molecule has 0 aromatic carbocycles. The average molecular weight is 398 g/mol. The van der Waals surface area contributed by atoms with Crippen LogP contribution in [0.2, 0.25) is 0 Å². The molecule has 2 aromatic heterocycles. The maximum absolute atomic E-state index is 12.9. The molecule has 28 heavy (non-hydrogen) atoms. The van der Waals surface area contributed by atoms with Crippen molar-refractivity contribution in [3.63, 3.8) is 0 Å². The molecule has 1 saturated carbocycles. The third-order valence-corrected chi connectivity index (χ3v) is 4.76. The van der Waals surface area contributed by atoms with E-state index in [2.05, 4.69) is 20.4 Å². The van der Waals surface area contributed by atoms with Crippen molar-refractivity contribution in [2.75, 3.05) is 30.9 Å². The van der Waals surface area contributed by atoms with Gasteiger partial charge in [-0.25, -0.2) is 9.67 Å². The van der Waals surface area contributed by atoms with E-state index in [0.29, 0.717) is 42.6 Å². The Morgan fingerprint density at radius 2 is 2.14 bits per heavy atom. The maximum atomic E-state index is 12.9. The third-order valence-electron chi connectivity index (χ3n) is 4.76. The molecule has 0 bridgehead atoms. The predicted molar refractivity (Wildman–Crippen MR) is 94.4 cm³/mol. The van der Waals surface area contributed by atoms with Crippen LogP contribution >= 0.6 is 0 Å². The summed E-state index contributed by atoms with van der Waals surface area (Å²) in [6.07, 6.45) is -1.06. The van der Waals surface area contributed by atoms with E-state index in [4.69, 9.17) is 15.2 Å². The number of hydrogen-bond donors (Lipinski definition) is 2. The number of nitrogen functional groups attached to an aromatic ring is 1. The van der Waals surface area contributed by atoms with Crippen LogP contribution in [0.25, 0.3) is 0 Å². The largest absolute Gasteiger partial charge is 0.487 e. The number of aryl methyl sites for hydroxylation is 1. The fraction of sp³-hybridized carbons (Fsp3) is 0.588. The summed E-state index contributed by atoms with van der Waals surface area (Å²) in [6, 6.07) is 0.222. The zero-order chi connectivity index (χ0) is 19.9. The van der Waals surface area contributed by atoms with E-state index in [1.165, 1.54) is 0 Å². The normalized spacial score (nSPS) is 19.8. The fourth-order valence-electron chi connectivity index (χ4n) is 3.10. The summed E-state index contributed by atoms with van der Waals surface area (Å²) in [6.45, 7) is 3.67. The van der Waals surface area contributed by atoms with Gasteiger partial charge in [-0.1, -0.05) is 0 Å². The van der Waals surface area contributed by atoms with Gasteiger partial charge in [-0.15, -0.1) is 0 Å². The quantitative estimate of drug-likeness (QED) is 0.771. The highest BCUT2D eigenvalue weighted by Gasteiger charge is 2.35. The maximum Gasteiger partial charge on any atom is 0.421 e. The van der Waals surface area contributed by atoms with Crippen LogP contribution in [-0.2, 0) is 10.9 Å². The number of nitrogens with one attached hydrogen (secondary N) is 1. The predicted octanol–water partition coefficient (Wildman–Crippen LogP) is 3.08. The van der Waals surface area contributed by atoms with Crippen molar-refractivity contribution in [1.29, 1.82) is 0 Å². The topological polar surface area (TPSA) is 100 Å². The Balaban J connectivity index is 1.59.